The number of hydrogen-bond acceptors (Lipinski definition) is 2. The lowest BCUT2D eigenvalue weighted by Crippen LogP contribution is -2.42. The molecular weight excluding hydrogens is 162 g/mol. The SMILES string of the molecule is Cc1nc2c([nH]1)C[C@@H]1C[C@H]2CCN1. The van der Waals surface area contributed by atoms with Gasteiger partial charge in [0.05, 0.1) is 5.69 Å². The third kappa shape index (κ3) is 1.10. The number of aromatic amines is 1. The summed E-state index contributed by atoms with van der Waals surface area (Å²) in [6, 6.07) is 0.700. The summed E-state index contributed by atoms with van der Waals surface area (Å²) in [6.45, 7) is 3.22. The molecule has 1 fully saturated rings. The number of piperidine rings is 1. The Morgan fingerprint density at radius 3 is 3.31 bits per heavy atom. The number of fused-ring (bicyclic) bond motifs is 4. The van der Waals surface area contributed by atoms with E-state index >= 15 is 0 Å². The maximum absolute atomic E-state index is 4.59. The second kappa shape index (κ2) is 2.58. The Bertz CT molecular complexity index is 329. The molecule has 2 atom stereocenters. The van der Waals surface area contributed by atoms with Crippen molar-refractivity contribution >= 4 is 0 Å². The molecule has 0 amide bonds. The minimum atomic E-state index is 0.700. The number of rotatable bonds is 0. The van der Waals surface area contributed by atoms with Crippen molar-refractivity contribution in [2.24, 2.45) is 0 Å². The molecule has 2 N–H and O–H groups in total. The highest BCUT2D eigenvalue weighted by molar-refractivity contribution is 5.25. The van der Waals surface area contributed by atoms with Crippen LogP contribution in [0.15, 0.2) is 0 Å². The van der Waals surface area contributed by atoms with Gasteiger partial charge in [-0.25, -0.2) is 4.98 Å². The van der Waals surface area contributed by atoms with Gasteiger partial charge in [-0.2, -0.15) is 0 Å². The molecule has 2 aliphatic rings. The first-order chi connectivity index (χ1) is 6.33. The first kappa shape index (κ1) is 7.56. The van der Waals surface area contributed by atoms with Gasteiger partial charge in [0, 0.05) is 24.1 Å². The fraction of sp³-hybridized carbons (Fsp3) is 0.700. The summed E-state index contributed by atoms with van der Waals surface area (Å²) in [5.41, 5.74) is 2.74. The normalized spacial score (nSPS) is 31.5. The fourth-order valence-electron chi connectivity index (χ4n) is 2.71. The van der Waals surface area contributed by atoms with Crippen molar-refractivity contribution < 1.29 is 0 Å². The second-order valence-electron chi connectivity index (χ2n) is 4.26. The van der Waals surface area contributed by atoms with Crippen LogP contribution in [0.1, 0.15) is 36.0 Å². The molecule has 1 aromatic heterocycles. The van der Waals surface area contributed by atoms with Gasteiger partial charge in [0.15, 0.2) is 0 Å². The van der Waals surface area contributed by atoms with Crippen LogP contribution in [0.3, 0.4) is 0 Å². The predicted octanol–water partition coefficient (Wildman–Crippen LogP) is 1.11. The van der Waals surface area contributed by atoms with Crippen LogP contribution in [0.4, 0.5) is 0 Å². The molecule has 0 saturated carbocycles. The summed E-state index contributed by atoms with van der Waals surface area (Å²) >= 11 is 0. The lowest BCUT2D eigenvalue weighted by atomic mass is 9.81. The molecule has 3 nitrogen and oxygen atoms in total. The van der Waals surface area contributed by atoms with Crippen molar-refractivity contribution in [1.29, 1.82) is 0 Å². The van der Waals surface area contributed by atoms with E-state index < -0.39 is 0 Å². The highest BCUT2D eigenvalue weighted by Crippen LogP contribution is 2.34. The van der Waals surface area contributed by atoms with Crippen LogP contribution in [-0.2, 0) is 6.42 Å². The van der Waals surface area contributed by atoms with Crippen LogP contribution in [0.25, 0.3) is 0 Å². The van der Waals surface area contributed by atoms with Gasteiger partial charge >= 0.3 is 0 Å². The number of imidazole rings is 1. The molecule has 1 aliphatic carbocycles. The summed E-state index contributed by atoms with van der Waals surface area (Å²) < 4.78 is 0. The van der Waals surface area contributed by atoms with E-state index in [-0.39, 0.29) is 0 Å². The first-order valence-electron chi connectivity index (χ1n) is 5.11. The smallest absolute Gasteiger partial charge is 0.103 e. The van der Waals surface area contributed by atoms with Crippen LogP contribution < -0.4 is 5.32 Å². The molecule has 2 bridgehead atoms. The highest BCUT2D eigenvalue weighted by Gasteiger charge is 2.32. The van der Waals surface area contributed by atoms with E-state index in [1.807, 2.05) is 0 Å². The maximum atomic E-state index is 4.59. The van der Waals surface area contributed by atoms with E-state index in [9.17, 15) is 0 Å². The zero-order valence-corrected chi connectivity index (χ0v) is 7.93. The summed E-state index contributed by atoms with van der Waals surface area (Å²) in [7, 11) is 0. The Morgan fingerprint density at radius 2 is 2.38 bits per heavy atom. The van der Waals surface area contributed by atoms with Gasteiger partial charge in [-0.1, -0.05) is 0 Å². The van der Waals surface area contributed by atoms with E-state index in [1.54, 1.807) is 0 Å². The molecule has 70 valence electrons. The molecule has 3 rings (SSSR count). The predicted molar refractivity (Wildman–Crippen MR) is 50.8 cm³/mol. The average Bonchev–Trinajstić information content (AvgIpc) is 2.47. The average molecular weight is 177 g/mol. The fourth-order valence-corrected chi connectivity index (χ4v) is 2.71. The van der Waals surface area contributed by atoms with Gasteiger partial charge in [-0.15, -0.1) is 0 Å². The van der Waals surface area contributed by atoms with Crippen LogP contribution in [0.2, 0.25) is 0 Å². The van der Waals surface area contributed by atoms with E-state index in [1.165, 1.54) is 30.8 Å². The van der Waals surface area contributed by atoms with Gasteiger partial charge < -0.3 is 10.3 Å². The van der Waals surface area contributed by atoms with Crippen LogP contribution in [-0.4, -0.2) is 22.6 Å². The summed E-state index contributed by atoms with van der Waals surface area (Å²) in [5.74, 6) is 1.80. The quantitative estimate of drug-likeness (QED) is 0.623. The molecular formula is C10H15N3. The molecule has 1 aliphatic heterocycles. The van der Waals surface area contributed by atoms with Crippen LogP contribution >= 0.6 is 0 Å². The van der Waals surface area contributed by atoms with Crippen LogP contribution in [0.5, 0.6) is 0 Å². The molecule has 13 heavy (non-hydrogen) atoms. The van der Waals surface area contributed by atoms with Crippen molar-refractivity contribution in [3.05, 3.63) is 17.2 Å². The Kier molecular flexibility index (Phi) is 1.50. The largest absolute Gasteiger partial charge is 0.346 e. The molecule has 0 aromatic carbocycles. The number of nitrogens with one attached hydrogen (secondary N) is 2. The van der Waals surface area contributed by atoms with Gasteiger partial charge in [0.1, 0.15) is 5.82 Å². The summed E-state index contributed by atoms with van der Waals surface area (Å²) in [5, 5.41) is 3.55. The highest BCUT2D eigenvalue weighted by atomic mass is 15.0. The minimum absolute atomic E-state index is 0.700. The Balaban J connectivity index is 2.05. The molecule has 0 spiro atoms. The minimum Gasteiger partial charge on any atom is -0.346 e. The lowest BCUT2D eigenvalue weighted by molar-refractivity contribution is 0.333. The third-order valence-corrected chi connectivity index (χ3v) is 3.26. The number of H-pyrrole nitrogens is 1. The van der Waals surface area contributed by atoms with Crippen molar-refractivity contribution in [2.45, 2.75) is 38.1 Å². The third-order valence-electron chi connectivity index (χ3n) is 3.26. The lowest BCUT2D eigenvalue weighted by Gasteiger charge is -2.34. The van der Waals surface area contributed by atoms with E-state index in [0.717, 1.165) is 18.2 Å². The van der Waals surface area contributed by atoms with Crippen molar-refractivity contribution in [3.8, 4) is 0 Å². The van der Waals surface area contributed by atoms with Gasteiger partial charge in [0.25, 0.3) is 0 Å². The molecule has 1 saturated heterocycles. The van der Waals surface area contributed by atoms with Crippen molar-refractivity contribution in [1.82, 2.24) is 15.3 Å². The number of aromatic nitrogens is 2. The standard InChI is InChI=1S/C10H15N3/c1-6-12-9-5-8-4-7(2-3-11-8)10(9)13-6/h7-8,11H,2-5H2,1H3,(H,12,13)/t7-,8+/m1/s1. The second-order valence-corrected chi connectivity index (χ2v) is 4.26. The van der Waals surface area contributed by atoms with Crippen LogP contribution in [0, 0.1) is 6.92 Å². The molecule has 0 unspecified atom stereocenters. The Morgan fingerprint density at radius 1 is 1.46 bits per heavy atom. The first-order valence-corrected chi connectivity index (χ1v) is 5.11. The van der Waals surface area contributed by atoms with E-state index in [4.69, 9.17) is 0 Å². The monoisotopic (exact) mass is 177 g/mol. The zero-order chi connectivity index (χ0) is 8.84. The molecule has 0 radical (unpaired) electrons. The van der Waals surface area contributed by atoms with Gasteiger partial charge in [-0.05, 0) is 26.3 Å². The summed E-state index contributed by atoms with van der Waals surface area (Å²) in [6.07, 6.45) is 3.69. The maximum Gasteiger partial charge on any atom is 0.103 e. The topological polar surface area (TPSA) is 40.7 Å². The number of nitrogens with zero attached hydrogens (tertiary/aromatic N) is 1. The number of aryl methyl sites for hydroxylation is 1. The van der Waals surface area contributed by atoms with Crippen molar-refractivity contribution in [3.63, 3.8) is 0 Å². The van der Waals surface area contributed by atoms with Crippen molar-refractivity contribution in [2.75, 3.05) is 6.54 Å². The Labute approximate surface area is 78.0 Å². The van der Waals surface area contributed by atoms with Gasteiger partial charge in [-0.3, -0.25) is 0 Å². The van der Waals surface area contributed by atoms with Gasteiger partial charge in [0.2, 0.25) is 0 Å². The Hall–Kier alpha value is -0.830. The number of hydrogen-bond donors (Lipinski definition) is 2. The zero-order valence-electron chi connectivity index (χ0n) is 7.93. The van der Waals surface area contributed by atoms with E-state index in [2.05, 4.69) is 22.2 Å². The van der Waals surface area contributed by atoms with E-state index in [0.29, 0.717) is 6.04 Å². The molecule has 3 heteroatoms. The molecule has 1 aromatic rings. The summed E-state index contributed by atoms with van der Waals surface area (Å²) in [4.78, 5) is 7.96. The molecule has 2 heterocycles.